The third-order valence-corrected chi connectivity index (χ3v) is 4.38. The second kappa shape index (κ2) is 8.90. The largest absolute Gasteiger partial charge is 0.497 e. The predicted molar refractivity (Wildman–Crippen MR) is 109 cm³/mol. The van der Waals surface area contributed by atoms with Gasteiger partial charge in [0, 0.05) is 12.6 Å². The Labute approximate surface area is 164 Å². The van der Waals surface area contributed by atoms with Gasteiger partial charge in [-0.15, -0.1) is 0 Å². The number of ether oxygens (including phenoxy) is 2. The number of methoxy groups -OCH3 is 2. The number of aromatic nitrogens is 1. The maximum Gasteiger partial charge on any atom is 0.270 e. The number of benzene rings is 2. The summed E-state index contributed by atoms with van der Waals surface area (Å²) in [6.45, 7) is 2.49. The van der Waals surface area contributed by atoms with Gasteiger partial charge in [-0.25, -0.2) is 4.98 Å². The van der Waals surface area contributed by atoms with Crippen molar-refractivity contribution in [1.82, 2.24) is 10.3 Å². The Kier molecular flexibility index (Phi) is 6.11. The summed E-state index contributed by atoms with van der Waals surface area (Å²) in [6, 6.07) is 16.9. The van der Waals surface area contributed by atoms with Gasteiger partial charge in [-0.3, -0.25) is 4.79 Å². The summed E-state index contributed by atoms with van der Waals surface area (Å²) in [6.07, 6.45) is 1.61. The number of hydrogen-bond donors (Lipinski definition) is 2. The second-order valence-electron chi connectivity index (χ2n) is 6.23. The molecule has 0 saturated heterocycles. The zero-order chi connectivity index (χ0) is 19.9. The number of carbonyl (C=O) groups excluding carboxylic acids is 1. The number of pyridine rings is 1. The first-order valence-electron chi connectivity index (χ1n) is 8.88. The van der Waals surface area contributed by atoms with Gasteiger partial charge in [-0.1, -0.05) is 24.3 Å². The number of amides is 1. The van der Waals surface area contributed by atoms with Crippen molar-refractivity contribution in [2.45, 2.75) is 13.5 Å². The molecule has 28 heavy (non-hydrogen) atoms. The molecule has 0 aliphatic heterocycles. The molecular formula is C22H23N3O3. The highest BCUT2D eigenvalue weighted by molar-refractivity contribution is 5.92. The lowest BCUT2D eigenvalue weighted by Gasteiger charge is -2.13. The van der Waals surface area contributed by atoms with Gasteiger partial charge in [-0.2, -0.15) is 0 Å². The zero-order valence-electron chi connectivity index (χ0n) is 16.2. The molecule has 0 saturated carbocycles. The molecule has 0 bridgehead atoms. The molecule has 0 radical (unpaired) electrons. The molecule has 3 aromatic rings. The molecule has 0 aliphatic rings. The molecule has 0 unspecified atom stereocenters. The number of nitrogens with one attached hydrogen (secondary N) is 2. The van der Waals surface area contributed by atoms with E-state index in [0.29, 0.717) is 23.7 Å². The highest BCUT2D eigenvalue weighted by Crippen LogP contribution is 2.31. The van der Waals surface area contributed by atoms with Crippen molar-refractivity contribution >= 4 is 17.3 Å². The van der Waals surface area contributed by atoms with Crippen molar-refractivity contribution in [2.75, 3.05) is 19.5 Å². The molecule has 0 atom stereocenters. The van der Waals surface area contributed by atoms with Crippen LogP contribution >= 0.6 is 0 Å². The monoisotopic (exact) mass is 377 g/mol. The Morgan fingerprint density at radius 3 is 2.54 bits per heavy atom. The molecule has 0 aliphatic carbocycles. The van der Waals surface area contributed by atoms with Crippen LogP contribution in [0.15, 0.2) is 60.8 Å². The highest BCUT2D eigenvalue weighted by atomic mass is 16.5. The van der Waals surface area contributed by atoms with Gasteiger partial charge in [0.1, 0.15) is 17.2 Å². The minimum atomic E-state index is -0.214. The number of hydrogen-bond acceptors (Lipinski definition) is 5. The van der Waals surface area contributed by atoms with Gasteiger partial charge in [0.2, 0.25) is 0 Å². The minimum absolute atomic E-state index is 0.214. The number of nitrogens with zero attached hydrogens (tertiary/aromatic N) is 1. The first-order valence-corrected chi connectivity index (χ1v) is 8.88. The quantitative estimate of drug-likeness (QED) is 0.649. The summed E-state index contributed by atoms with van der Waals surface area (Å²) >= 11 is 0. The number of carbonyl (C=O) groups is 1. The van der Waals surface area contributed by atoms with Crippen LogP contribution in [-0.2, 0) is 6.54 Å². The number of anilines is 2. The van der Waals surface area contributed by atoms with E-state index in [9.17, 15) is 4.79 Å². The van der Waals surface area contributed by atoms with Crippen molar-refractivity contribution in [3.8, 4) is 11.5 Å². The molecular weight excluding hydrogens is 354 g/mol. The maximum atomic E-state index is 12.4. The summed E-state index contributed by atoms with van der Waals surface area (Å²) in [5, 5.41) is 6.13. The van der Waals surface area contributed by atoms with E-state index in [1.54, 1.807) is 32.5 Å². The van der Waals surface area contributed by atoms with Crippen LogP contribution in [0.5, 0.6) is 11.5 Å². The summed E-state index contributed by atoms with van der Waals surface area (Å²) in [5.41, 5.74) is 4.07. The Bertz CT molecular complexity index is 955. The van der Waals surface area contributed by atoms with Crippen LogP contribution < -0.4 is 20.1 Å². The topological polar surface area (TPSA) is 72.5 Å². The van der Waals surface area contributed by atoms with Crippen LogP contribution in [0.1, 0.15) is 21.6 Å². The first kappa shape index (κ1) is 19.2. The summed E-state index contributed by atoms with van der Waals surface area (Å²) < 4.78 is 10.6. The molecule has 0 spiro atoms. The predicted octanol–water partition coefficient (Wildman–Crippen LogP) is 4.08. The molecule has 1 heterocycles. The summed E-state index contributed by atoms with van der Waals surface area (Å²) in [4.78, 5) is 16.6. The number of aryl methyl sites for hydroxylation is 1. The van der Waals surface area contributed by atoms with Crippen LogP contribution in [-0.4, -0.2) is 25.1 Å². The molecule has 6 nitrogen and oxygen atoms in total. The van der Waals surface area contributed by atoms with Crippen LogP contribution in [0.4, 0.5) is 11.4 Å². The average molecular weight is 377 g/mol. The third-order valence-electron chi connectivity index (χ3n) is 4.38. The normalized spacial score (nSPS) is 10.2. The van der Waals surface area contributed by atoms with Crippen molar-refractivity contribution in [1.29, 1.82) is 0 Å². The van der Waals surface area contributed by atoms with Gasteiger partial charge < -0.3 is 20.1 Å². The third kappa shape index (κ3) is 4.59. The van der Waals surface area contributed by atoms with E-state index in [0.717, 1.165) is 22.5 Å². The first-order chi connectivity index (χ1) is 13.6. The van der Waals surface area contributed by atoms with Crippen LogP contribution in [0, 0.1) is 6.92 Å². The SMILES string of the molecule is COc1ccc(OC)c(Nc2ccc(C(=O)NCc3ccccc3C)nc2)c1. The van der Waals surface area contributed by atoms with Gasteiger partial charge in [-0.05, 0) is 42.3 Å². The molecule has 2 aromatic carbocycles. The summed E-state index contributed by atoms with van der Waals surface area (Å²) in [5.74, 6) is 1.18. The summed E-state index contributed by atoms with van der Waals surface area (Å²) in [7, 11) is 3.21. The molecule has 1 aromatic heterocycles. The maximum absolute atomic E-state index is 12.4. The second-order valence-corrected chi connectivity index (χ2v) is 6.23. The van der Waals surface area contributed by atoms with Crippen LogP contribution in [0.3, 0.4) is 0 Å². The Hall–Kier alpha value is -3.54. The van der Waals surface area contributed by atoms with Gasteiger partial charge in [0.05, 0.1) is 31.8 Å². The lowest BCUT2D eigenvalue weighted by molar-refractivity contribution is 0.0946. The lowest BCUT2D eigenvalue weighted by Crippen LogP contribution is -2.24. The molecule has 3 rings (SSSR count). The van der Waals surface area contributed by atoms with E-state index >= 15 is 0 Å². The van der Waals surface area contributed by atoms with Crippen molar-refractivity contribution in [3.05, 3.63) is 77.6 Å². The van der Waals surface area contributed by atoms with Crippen molar-refractivity contribution in [2.24, 2.45) is 0 Å². The smallest absolute Gasteiger partial charge is 0.270 e. The fourth-order valence-corrected chi connectivity index (χ4v) is 2.74. The van der Waals surface area contributed by atoms with Crippen LogP contribution in [0.2, 0.25) is 0 Å². The van der Waals surface area contributed by atoms with Crippen molar-refractivity contribution in [3.63, 3.8) is 0 Å². The van der Waals surface area contributed by atoms with Gasteiger partial charge in [0.15, 0.2) is 0 Å². The van der Waals surface area contributed by atoms with E-state index in [1.165, 1.54) is 0 Å². The van der Waals surface area contributed by atoms with Crippen molar-refractivity contribution < 1.29 is 14.3 Å². The lowest BCUT2D eigenvalue weighted by atomic mass is 10.1. The van der Waals surface area contributed by atoms with E-state index in [2.05, 4.69) is 15.6 Å². The highest BCUT2D eigenvalue weighted by Gasteiger charge is 2.09. The fraction of sp³-hybridized carbons (Fsp3) is 0.182. The molecule has 1 amide bonds. The minimum Gasteiger partial charge on any atom is -0.497 e. The average Bonchev–Trinajstić information content (AvgIpc) is 2.73. The zero-order valence-corrected chi connectivity index (χ0v) is 16.2. The van der Waals surface area contributed by atoms with E-state index in [4.69, 9.17) is 9.47 Å². The Morgan fingerprint density at radius 1 is 1.04 bits per heavy atom. The Balaban J connectivity index is 1.66. The van der Waals surface area contributed by atoms with Crippen LogP contribution in [0.25, 0.3) is 0 Å². The molecule has 0 fully saturated rings. The van der Waals surface area contributed by atoms with E-state index in [1.807, 2.05) is 49.4 Å². The standard InChI is InChI=1S/C22H23N3O3/c1-15-6-4-5-7-16(15)13-24-22(26)19-10-8-17(14-23-19)25-20-12-18(27-2)9-11-21(20)28-3/h4-12,14,25H,13H2,1-3H3,(H,24,26). The Morgan fingerprint density at radius 2 is 1.86 bits per heavy atom. The molecule has 6 heteroatoms. The number of rotatable bonds is 7. The van der Waals surface area contributed by atoms with E-state index < -0.39 is 0 Å². The van der Waals surface area contributed by atoms with Gasteiger partial charge in [0.25, 0.3) is 5.91 Å². The fourth-order valence-electron chi connectivity index (χ4n) is 2.74. The van der Waals surface area contributed by atoms with E-state index in [-0.39, 0.29) is 5.91 Å². The molecule has 144 valence electrons. The molecule has 2 N–H and O–H groups in total. The van der Waals surface area contributed by atoms with Gasteiger partial charge >= 0.3 is 0 Å².